The average Bonchev–Trinajstić information content (AvgIpc) is 2.45. The summed E-state index contributed by atoms with van der Waals surface area (Å²) < 4.78 is 30.2. The van der Waals surface area contributed by atoms with E-state index in [-0.39, 0.29) is 11.5 Å². The van der Waals surface area contributed by atoms with E-state index in [0.717, 1.165) is 5.56 Å². The van der Waals surface area contributed by atoms with Crippen LogP contribution in [0.2, 0.25) is 0 Å². The number of aliphatic imine (C=N–C) groups is 1. The van der Waals surface area contributed by atoms with Crippen LogP contribution in [-0.4, -0.2) is 18.0 Å². The Kier molecular flexibility index (Phi) is 1.71. The molecule has 0 amide bonds. The number of hydrogen-bond donors (Lipinski definition) is 1. The van der Waals surface area contributed by atoms with Crippen molar-refractivity contribution in [2.45, 2.75) is 6.42 Å². The molecule has 0 atom stereocenters. The molecule has 1 aliphatic heterocycles. The molecule has 2 rings (SSSR count). The first kappa shape index (κ1) is 8.40. The van der Waals surface area contributed by atoms with Gasteiger partial charge in [-0.1, -0.05) is 18.2 Å². The van der Waals surface area contributed by atoms with E-state index >= 15 is 0 Å². The van der Waals surface area contributed by atoms with Gasteiger partial charge in [-0.05, 0) is 11.6 Å². The van der Waals surface area contributed by atoms with Gasteiger partial charge in [-0.3, -0.25) is 4.55 Å². The van der Waals surface area contributed by atoms with Gasteiger partial charge in [-0.2, -0.15) is 8.42 Å². The minimum absolute atomic E-state index is 0.172. The highest BCUT2D eigenvalue weighted by Crippen LogP contribution is 2.27. The average molecular weight is 197 g/mol. The third kappa shape index (κ3) is 1.48. The number of para-hydroxylation sites is 1. The SMILES string of the molecule is O=S(=O)(O)C1=Nc2ccccc2C1. The van der Waals surface area contributed by atoms with Gasteiger partial charge in [-0.15, -0.1) is 0 Å². The summed E-state index contributed by atoms with van der Waals surface area (Å²) in [7, 11) is -4.12. The molecule has 0 saturated heterocycles. The number of rotatable bonds is 0. The fourth-order valence-electron chi connectivity index (χ4n) is 1.26. The first-order chi connectivity index (χ1) is 6.07. The normalized spacial score (nSPS) is 15.3. The minimum atomic E-state index is -4.12. The highest BCUT2D eigenvalue weighted by molar-refractivity contribution is 8.01. The lowest BCUT2D eigenvalue weighted by Gasteiger charge is -1.93. The lowest BCUT2D eigenvalue weighted by molar-refractivity contribution is 0.497. The van der Waals surface area contributed by atoms with E-state index in [4.69, 9.17) is 4.55 Å². The van der Waals surface area contributed by atoms with Gasteiger partial charge in [0.15, 0.2) is 5.04 Å². The molecule has 4 nitrogen and oxygen atoms in total. The first-order valence-electron chi connectivity index (χ1n) is 3.70. The molecule has 0 spiro atoms. The van der Waals surface area contributed by atoms with Crippen LogP contribution in [0.15, 0.2) is 29.3 Å². The quantitative estimate of drug-likeness (QED) is 0.634. The van der Waals surface area contributed by atoms with Gasteiger partial charge in [-0.25, -0.2) is 4.99 Å². The van der Waals surface area contributed by atoms with E-state index in [9.17, 15) is 8.42 Å². The fraction of sp³-hybridized carbons (Fsp3) is 0.125. The lowest BCUT2D eigenvalue weighted by Crippen LogP contribution is -2.12. The van der Waals surface area contributed by atoms with Crippen molar-refractivity contribution in [3.8, 4) is 0 Å². The van der Waals surface area contributed by atoms with E-state index in [1.807, 2.05) is 0 Å². The van der Waals surface area contributed by atoms with Crippen molar-refractivity contribution in [3.63, 3.8) is 0 Å². The van der Waals surface area contributed by atoms with E-state index < -0.39 is 10.1 Å². The maximum absolute atomic E-state index is 10.7. The van der Waals surface area contributed by atoms with Gasteiger partial charge in [0.25, 0.3) is 0 Å². The van der Waals surface area contributed by atoms with Crippen molar-refractivity contribution < 1.29 is 13.0 Å². The van der Waals surface area contributed by atoms with Crippen LogP contribution in [0.5, 0.6) is 0 Å². The maximum atomic E-state index is 10.7. The Morgan fingerprint density at radius 1 is 1.31 bits per heavy atom. The topological polar surface area (TPSA) is 66.7 Å². The van der Waals surface area contributed by atoms with Crippen LogP contribution >= 0.6 is 0 Å². The Bertz CT molecular complexity index is 476. The second kappa shape index (κ2) is 2.65. The molecule has 0 unspecified atom stereocenters. The number of fused-ring (bicyclic) bond motifs is 1. The van der Waals surface area contributed by atoms with Crippen molar-refractivity contribution in [1.82, 2.24) is 0 Å². The van der Waals surface area contributed by atoms with Gasteiger partial charge in [0.2, 0.25) is 0 Å². The molecule has 0 radical (unpaired) electrons. The van der Waals surface area contributed by atoms with Crippen LogP contribution in [0.25, 0.3) is 0 Å². The highest BCUT2D eigenvalue weighted by atomic mass is 32.2. The summed E-state index contributed by atoms with van der Waals surface area (Å²) in [6, 6.07) is 7.08. The zero-order valence-corrected chi connectivity index (χ0v) is 7.45. The summed E-state index contributed by atoms with van der Waals surface area (Å²) in [4.78, 5) is 3.80. The Morgan fingerprint density at radius 2 is 2.00 bits per heavy atom. The summed E-state index contributed by atoms with van der Waals surface area (Å²) in [5.41, 5.74) is 1.45. The van der Waals surface area contributed by atoms with Crippen LogP contribution in [-0.2, 0) is 16.5 Å². The standard InChI is InChI=1S/C8H7NO3S/c10-13(11,12)8-5-6-3-1-2-4-7(6)9-8/h1-4H,5H2,(H,10,11,12). The van der Waals surface area contributed by atoms with Crippen molar-refractivity contribution in [2.24, 2.45) is 4.99 Å². The summed E-state index contributed by atoms with van der Waals surface area (Å²) in [5.74, 6) is 0. The Labute approximate surface area is 75.7 Å². The van der Waals surface area contributed by atoms with Crippen molar-refractivity contribution >= 4 is 20.8 Å². The van der Waals surface area contributed by atoms with E-state index in [1.54, 1.807) is 24.3 Å². The molecular weight excluding hydrogens is 190 g/mol. The van der Waals surface area contributed by atoms with Crippen LogP contribution in [0.4, 0.5) is 5.69 Å². The molecule has 0 bridgehead atoms. The van der Waals surface area contributed by atoms with Crippen molar-refractivity contribution in [2.75, 3.05) is 0 Å². The molecule has 0 aromatic heterocycles. The van der Waals surface area contributed by atoms with Crippen LogP contribution in [0, 0.1) is 0 Å². The third-order valence-electron chi connectivity index (χ3n) is 1.88. The Balaban J connectivity index is 2.48. The summed E-state index contributed by atoms with van der Waals surface area (Å²) in [6.07, 6.45) is 0.189. The molecule has 0 aliphatic carbocycles. The molecule has 0 saturated carbocycles. The van der Waals surface area contributed by atoms with Crippen LogP contribution in [0.3, 0.4) is 0 Å². The van der Waals surface area contributed by atoms with Gasteiger partial charge in [0, 0.05) is 6.42 Å². The van der Waals surface area contributed by atoms with Crippen LogP contribution < -0.4 is 0 Å². The monoisotopic (exact) mass is 197 g/mol. The lowest BCUT2D eigenvalue weighted by atomic mass is 10.2. The van der Waals surface area contributed by atoms with Crippen molar-refractivity contribution in [3.05, 3.63) is 29.8 Å². The summed E-state index contributed by atoms with van der Waals surface area (Å²) in [5, 5.41) is -0.172. The molecule has 0 fully saturated rings. The van der Waals surface area contributed by atoms with Gasteiger partial charge in [0.1, 0.15) is 0 Å². The Morgan fingerprint density at radius 3 is 2.62 bits per heavy atom. The zero-order chi connectivity index (χ0) is 9.47. The molecule has 1 heterocycles. The van der Waals surface area contributed by atoms with Gasteiger partial charge < -0.3 is 0 Å². The highest BCUT2D eigenvalue weighted by Gasteiger charge is 2.23. The summed E-state index contributed by atoms with van der Waals surface area (Å²) >= 11 is 0. The molecule has 13 heavy (non-hydrogen) atoms. The van der Waals surface area contributed by atoms with Crippen molar-refractivity contribution in [1.29, 1.82) is 0 Å². The van der Waals surface area contributed by atoms with E-state index in [1.165, 1.54) is 0 Å². The molecular formula is C8H7NO3S. The molecule has 1 N–H and O–H groups in total. The molecule has 5 heteroatoms. The number of nitrogens with zero attached hydrogens (tertiary/aromatic N) is 1. The predicted octanol–water partition coefficient (Wildman–Crippen LogP) is 1.16. The van der Waals surface area contributed by atoms with Gasteiger partial charge >= 0.3 is 10.1 Å². The van der Waals surface area contributed by atoms with Crippen LogP contribution in [0.1, 0.15) is 5.56 Å². The predicted molar refractivity (Wildman–Crippen MR) is 48.8 cm³/mol. The largest absolute Gasteiger partial charge is 0.308 e. The minimum Gasteiger partial charge on any atom is -0.281 e. The third-order valence-corrected chi connectivity index (χ3v) is 2.71. The maximum Gasteiger partial charge on any atom is 0.308 e. The second-order valence-corrected chi connectivity index (χ2v) is 4.21. The number of hydrogen-bond acceptors (Lipinski definition) is 3. The Hall–Kier alpha value is -1.20. The molecule has 68 valence electrons. The zero-order valence-electron chi connectivity index (χ0n) is 6.64. The smallest absolute Gasteiger partial charge is 0.281 e. The summed E-state index contributed by atoms with van der Waals surface area (Å²) in [6.45, 7) is 0. The number of benzene rings is 1. The van der Waals surface area contributed by atoms with E-state index in [0.29, 0.717) is 5.69 Å². The molecule has 1 aromatic carbocycles. The second-order valence-electron chi connectivity index (χ2n) is 2.79. The first-order valence-corrected chi connectivity index (χ1v) is 5.14. The van der Waals surface area contributed by atoms with Gasteiger partial charge in [0.05, 0.1) is 5.69 Å². The molecule has 1 aromatic rings. The van der Waals surface area contributed by atoms with E-state index in [2.05, 4.69) is 4.99 Å². The molecule has 1 aliphatic rings. The fourth-order valence-corrected chi connectivity index (χ4v) is 1.81.